The van der Waals surface area contributed by atoms with E-state index >= 15 is 0 Å². The molecule has 2 rings (SSSR count). The Labute approximate surface area is 149 Å². The van der Waals surface area contributed by atoms with E-state index in [2.05, 4.69) is 10.6 Å². The van der Waals surface area contributed by atoms with Gasteiger partial charge in [0, 0.05) is 12.2 Å². The number of hydrogen-bond acceptors (Lipinski definition) is 3. The molecule has 0 bridgehead atoms. The lowest BCUT2D eigenvalue weighted by atomic mass is 10.1. The molecule has 5 heteroatoms. The first-order valence-electron chi connectivity index (χ1n) is 8.25. The first kappa shape index (κ1) is 18.7. The molecule has 2 N–H and O–H groups in total. The summed E-state index contributed by atoms with van der Waals surface area (Å²) in [6.45, 7) is 6.74. The highest BCUT2D eigenvalue weighted by Crippen LogP contribution is 2.15. The Balaban J connectivity index is 1.82. The lowest BCUT2D eigenvalue weighted by molar-refractivity contribution is -0.120. The molecule has 0 aromatic heterocycles. The van der Waals surface area contributed by atoms with Crippen LogP contribution in [-0.2, 0) is 11.3 Å². The maximum atomic E-state index is 12.0. The van der Waals surface area contributed by atoms with Gasteiger partial charge in [0.25, 0.3) is 0 Å². The summed E-state index contributed by atoms with van der Waals surface area (Å²) in [6, 6.07) is 13.4. The van der Waals surface area contributed by atoms with Crippen LogP contribution in [0, 0.1) is 20.8 Å². The number of carbonyl (C=O) groups excluding carboxylic acids is 2. The molecule has 2 aromatic rings. The topological polar surface area (TPSA) is 61.4 Å². The monoisotopic (exact) mass is 339 g/mol. The number of likely N-dealkylation sites (N-methyl/N-ethyl adjacent to an activating group) is 1. The molecule has 0 atom stereocenters. The van der Waals surface area contributed by atoms with Crippen molar-refractivity contribution in [1.82, 2.24) is 10.2 Å². The number of hydrogen-bond donors (Lipinski definition) is 2. The molecule has 25 heavy (non-hydrogen) atoms. The van der Waals surface area contributed by atoms with Gasteiger partial charge in [-0.2, -0.15) is 0 Å². The fourth-order valence-electron chi connectivity index (χ4n) is 2.58. The van der Waals surface area contributed by atoms with E-state index in [0.29, 0.717) is 12.2 Å². The molecule has 0 aliphatic rings. The fourth-order valence-corrected chi connectivity index (χ4v) is 2.58. The normalized spacial score (nSPS) is 10.6. The Bertz CT molecular complexity index is 754. The molecule has 0 aliphatic heterocycles. The maximum absolute atomic E-state index is 12.0. The van der Waals surface area contributed by atoms with Gasteiger partial charge in [-0.1, -0.05) is 47.5 Å². The number of nitrogens with zero attached hydrogens (tertiary/aromatic N) is 1. The number of urea groups is 1. The Morgan fingerprint density at radius 1 is 0.960 bits per heavy atom. The van der Waals surface area contributed by atoms with Crippen LogP contribution in [0.5, 0.6) is 0 Å². The number of aryl methyl sites for hydroxylation is 3. The van der Waals surface area contributed by atoms with E-state index in [4.69, 9.17) is 0 Å². The fraction of sp³-hybridized carbons (Fsp3) is 0.300. The third-order valence-corrected chi connectivity index (χ3v) is 3.87. The molecule has 0 unspecified atom stereocenters. The van der Waals surface area contributed by atoms with Crippen LogP contribution < -0.4 is 10.6 Å². The third-order valence-electron chi connectivity index (χ3n) is 3.87. The van der Waals surface area contributed by atoms with Crippen LogP contribution in [0.2, 0.25) is 0 Å². The van der Waals surface area contributed by atoms with E-state index in [1.807, 2.05) is 75.2 Å². The minimum Gasteiger partial charge on any atom is -0.307 e. The average Bonchev–Trinajstić information content (AvgIpc) is 2.52. The van der Waals surface area contributed by atoms with Crippen molar-refractivity contribution in [3.05, 3.63) is 64.7 Å². The van der Waals surface area contributed by atoms with Crippen molar-refractivity contribution < 1.29 is 9.59 Å². The smallest absolute Gasteiger partial charge is 0.307 e. The quantitative estimate of drug-likeness (QED) is 0.878. The molecule has 0 aliphatic carbocycles. The van der Waals surface area contributed by atoms with Gasteiger partial charge >= 0.3 is 6.03 Å². The predicted molar refractivity (Wildman–Crippen MR) is 101 cm³/mol. The predicted octanol–water partition coefficient (Wildman–Crippen LogP) is 3.39. The number of nitrogens with one attached hydrogen (secondary N) is 2. The zero-order valence-electron chi connectivity index (χ0n) is 15.2. The summed E-state index contributed by atoms with van der Waals surface area (Å²) < 4.78 is 0. The number of anilines is 1. The highest BCUT2D eigenvalue weighted by atomic mass is 16.2. The zero-order valence-corrected chi connectivity index (χ0v) is 15.2. The van der Waals surface area contributed by atoms with Gasteiger partial charge in [-0.25, -0.2) is 4.79 Å². The summed E-state index contributed by atoms with van der Waals surface area (Å²) in [6.07, 6.45) is 0. The highest BCUT2D eigenvalue weighted by Gasteiger charge is 2.12. The molecule has 2 aromatic carbocycles. The SMILES string of the molecule is Cc1ccc(CN(C)CC(=O)NC(=O)Nc2ccc(C)cc2C)cc1. The summed E-state index contributed by atoms with van der Waals surface area (Å²) in [5.74, 6) is -0.336. The highest BCUT2D eigenvalue weighted by molar-refractivity contribution is 6.02. The van der Waals surface area contributed by atoms with E-state index in [1.165, 1.54) is 5.56 Å². The van der Waals surface area contributed by atoms with E-state index in [1.54, 1.807) is 0 Å². The molecular formula is C20H25N3O2. The molecule has 5 nitrogen and oxygen atoms in total. The number of amides is 3. The largest absolute Gasteiger partial charge is 0.325 e. The lowest BCUT2D eigenvalue weighted by Crippen LogP contribution is -2.40. The minimum absolute atomic E-state index is 0.147. The lowest BCUT2D eigenvalue weighted by Gasteiger charge is -2.16. The number of carbonyl (C=O) groups is 2. The van der Waals surface area contributed by atoms with E-state index in [9.17, 15) is 9.59 Å². The van der Waals surface area contributed by atoms with Crippen LogP contribution in [0.25, 0.3) is 0 Å². The summed E-state index contributed by atoms with van der Waals surface area (Å²) in [5, 5.41) is 5.07. The average molecular weight is 339 g/mol. The standard InChI is InChI=1S/C20H25N3O2/c1-14-5-8-17(9-6-14)12-23(4)13-19(24)22-20(25)21-18-10-7-15(2)11-16(18)3/h5-11H,12-13H2,1-4H3,(H2,21,22,24,25). The van der Waals surface area contributed by atoms with Crippen molar-refractivity contribution in [2.45, 2.75) is 27.3 Å². The van der Waals surface area contributed by atoms with Crippen molar-refractivity contribution in [2.75, 3.05) is 18.9 Å². The van der Waals surface area contributed by atoms with E-state index in [0.717, 1.165) is 16.7 Å². The summed E-state index contributed by atoms with van der Waals surface area (Å²) in [5.41, 5.74) is 5.10. The molecule has 0 saturated carbocycles. The molecule has 0 fully saturated rings. The number of rotatable bonds is 5. The van der Waals surface area contributed by atoms with Gasteiger partial charge in [0.05, 0.1) is 6.54 Å². The number of benzene rings is 2. The van der Waals surface area contributed by atoms with Gasteiger partial charge in [-0.15, -0.1) is 0 Å². The Hall–Kier alpha value is -2.66. The summed E-state index contributed by atoms with van der Waals surface area (Å²) >= 11 is 0. The van der Waals surface area contributed by atoms with Crippen molar-refractivity contribution in [1.29, 1.82) is 0 Å². The molecule has 0 saturated heterocycles. The molecular weight excluding hydrogens is 314 g/mol. The maximum Gasteiger partial charge on any atom is 0.325 e. The molecule has 0 heterocycles. The van der Waals surface area contributed by atoms with E-state index in [-0.39, 0.29) is 12.5 Å². The molecule has 0 radical (unpaired) electrons. The van der Waals surface area contributed by atoms with Gasteiger partial charge in [-0.05, 0) is 45.0 Å². The van der Waals surface area contributed by atoms with Gasteiger partial charge in [0.2, 0.25) is 5.91 Å². The van der Waals surface area contributed by atoms with Crippen LogP contribution in [0.1, 0.15) is 22.3 Å². The molecule has 132 valence electrons. The van der Waals surface area contributed by atoms with Gasteiger partial charge < -0.3 is 5.32 Å². The van der Waals surface area contributed by atoms with Crippen LogP contribution in [0.15, 0.2) is 42.5 Å². The van der Waals surface area contributed by atoms with Gasteiger partial charge in [0.15, 0.2) is 0 Å². The van der Waals surface area contributed by atoms with Gasteiger partial charge in [0.1, 0.15) is 0 Å². The molecule has 3 amide bonds. The second-order valence-electron chi connectivity index (χ2n) is 6.48. The van der Waals surface area contributed by atoms with Crippen molar-refractivity contribution in [3.8, 4) is 0 Å². The summed E-state index contributed by atoms with van der Waals surface area (Å²) in [4.78, 5) is 25.9. The number of imide groups is 1. The third kappa shape index (κ3) is 6.04. The van der Waals surface area contributed by atoms with Crippen molar-refractivity contribution in [2.24, 2.45) is 0 Å². The minimum atomic E-state index is -0.513. The zero-order chi connectivity index (χ0) is 18.4. The second-order valence-corrected chi connectivity index (χ2v) is 6.48. The van der Waals surface area contributed by atoms with Crippen molar-refractivity contribution >= 4 is 17.6 Å². The van der Waals surface area contributed by atoms with Crippen molar-refractivity contribution in [3.63, 3.8) is 0 Å². The van der Waals surface area contributed by atoms with Crippen LogP contribution >= 0.6 is 0 Å². The second kappa shape index (κ2) is 8.44. The Morgan fingerprint density at radius 2 is 1.60 bits per heavy atom. The van der Waals surface area contributed by atoms with Crippen LogP contribution in [-0.4, -0.2) is 30.4 Å². The summed E-state index contributed by atoms with van der Waals surface area (Å²) in [7, 11) is 1.85. The Kier molecular flexibility index (Phi) is 6.31. The Morgan fingerprint density at radius 3 is 2.24 bits per heavy atom. The first-order valence-corrected chi connectivity index (χ1v) is 8.25. The first-order chi connectivity index (χ1) is 11.8. The molecule has 0 spiro atoms. The van der Waals surface area contributed by atoms with E-state index < -0.39 is 6.03 Å². The van der Waals surface area contributed by atoms with Crippen LogP contribution in [0.3, 0.4) is 0 Å². The van der Waals surface area contributed by atoms with Gasteiger partial charge in [-0.3, -0.25) is 15.0 Å². The van der Waals surface area contributed by atoms with Crippen LogP contribution in [0.4, 0.5) is 10.5 Å².